The van der Waals surface area contributed by atoms with Crippen molar-refractivity contribution in [3.63, 3.8) is 0 Å². The standard InChI is InChI=1S/C20H18F3N3OS/c1-13-10-16(14(2)26(13)11-15-6-4-3-5-7-15)17(27)12-28-19-24-9-8-18(25-19)20(21,22)23/h3-10H,11-12H2,1-2H3. The summed E-state index contributed by atoms with van der Waals surface area (Å²) in [5, 5.41) is -0.0683. The van der Waals surface area contributed by atoms with Gasteiger partial charge in [0.25, 0.3) is 0 Å². The third-order valence-electron chi connectivity index (χ3n) is 4.31. The predicted molar refractivity (Wildman–Crippen MR) is 102 cm³/mol. The lowest BCUT2D eigenvalue weighted by Gasteiger charge is -2.10. The zero-order valence-electron chi connectivity index (χ0n) is 15.3. The van der Waals surface area contributed by atoms with Gasteiger partial charge in [-0.25, -0.2) is 9.97 Å². The molecule has 8 heteroatoms. The third kappa shape index (κ3) is 4.62. The van der Waals surface area contributed by atoms with Crippen molar-refractivity contribution in [3.05, 3.63) is 76.9 Å². The maximum absolute atomic E-state index is 12.7. The second kappa shape index (κ2) is 8.18. The molecule has 0 N–H and O–H groups in total. The van der Waals surface area contributed by atoms with E-state index in [0.29, 0.717) is 12.1 Å². The van der Waals surface area contributed by atoms with Crippen LogP contribution < -0.4 is 0 Å². The fourth-order valence-corrected chi connectivity index (χ4v) is 3.58. The van der Waals surface area contributed by atoms with Crippen molar-refractivity contribution in [2.24, 2.45) is 0 Å². The summed E-state index contributed by atoms with van der Waals surface area (Å²) in [5.41, 5.74) is 2.45. The van der Waals surface area contributed by atoms with Gasteiger partial charge in [0, 0.05) is 29.7 Å². The molecule has 0 saturated carbocycles. The Morgan fingerprint density at radius 2 is 1.86 bits per heavy atom. The fourth-order valence-electron chi connectivity index (χ4n) is 2.87. The lowest BCUT2D eigenvalue weighted by molar-refractivity contribution is -0.141. The monoisotopic (exact) mass is 405 g/mol. The Kier molecular flexibility index (Phi) is 5.88. The second-order valence-corrected chi connectivity index (χ2v) is 7.23. The number of aryl methyl sites for hydroxylation is 1. The van der Waals surface area contributed by atoms with Gasteiger partial charge in [-0.1, -0.05) is 42.1 Å². The summed E-state index contributed by atoms with van der Waals surface area (Å²) < 4.78 is 40.3. The SMILES string of the molecule is Cc1cc(C(=O)CSc2nccc(C(F)(F)F)n2)c(C)n1Cc1ccccc1. The van der Waals surface area contributed by atoms with Gasteiger partial charge in [-0.15, -0.1) is 0 Å². The molecule has 3 rings (SSSR count). The van der Waals surface area contributed by atoms with E-state index < -0.39 is 11.9 Å². The minimum atomic E-state index is -4.54. The van der Waals surface area contributed by atoms with Crippen LogP contribution in [-0.2, 0) is 12.7 Å². The van der Waals surface area contributed by atoms with E-state index in [1.54, 1.807) is 0 Å². The van der Waals surface area contributed by atoms with Gasteiger partial charge in [0.1, 0.15) is 5.69 Å². The van der Waals surface area contributed by atoms with E-state index in [2.05, 4.69) is 9.97 Å². The molecule has 4 nitrogen and oxygen atoms in total. The van der Waals surface area contributed by atoms with E-state index in [-0.39, 0.29) is 16.7 Å². The highest BCUT2D eigenvalue weighted by atomic mass is 32.2. The molecule has 0 spiro atoms. The van der Waals surface area contributed by atoms with E-state index in [0.717, 1.165) is 41.0 Å². The molecule has 0 unspecified atom stereocenters. The van der Waals surface area contributed by atoms with Gasteiger partial charge in [-0.2, -0.15) is 13.2 Å². The summed E-state index contributed by atoms with van der Waals surface area (Å²) in [6.45, 7) is 4.44. The van der Waals surface area contributed by atoms with Gasteiger partial charge in [0.05, 0.1) is 5.75 Å². The zero-order valence-corrected chi connectivity index (χ0v) is 16.1. The minimum absolute atomic E-state index is 0.0308. The summed E-state index contributed by atoms with van der Waals surface area (Å²) in [7, 11) is 0. The van der Waals surface area contributed by atoms with E-state index >= 15 is 0 Å². The molecule has 2 heterocycles. The molecule has 2 aromatic heterocycles. The number of alkyl halides is 3. The highest BCUT2D eigenvalue weighted by Crippen LogP contribution is 2.28. The number of halogens is 3. The summed E-state index contributed by atoms with van der Waals surface area (Å²) in [6.07, 6.45) is -3.49. The fraction of sp³-hybridized carbons (Fsp3) is 0.250. The molecule has 0 saturated heterocycles. The zero-order chi connectivity index (χ0) is 20.3. The molecule has 0 radical (unpaired) electrons. The number of carbonyl (C=O) groups excluding carboxylic acids is 1. The normalized spacial score (nSPS) is 11.6. The summed E-state index contributed by atoms with van der Waals surface area (Å²) in [6, 6.07) is 12.5. The second-order valence-electron chi connectivity index (χ2n) is 6.29. The van der Waals surface area contributed by atoms with Crippen LogP contribution >= 0.6 is 11.8 Å². The minimum Gasteiger partial charge on any atom is -0.344 e. The molecular weight excluding hydrogens is 387 g/mol. The van der Waals surface area contributed by atoms with Crippen molar-refractivity contribution in [3.8, 4) is 0 Å². The van der Waals surface area contributed by atoms with Gasteiger partial charge in [-0.3, -0.25) is 4.79 Å². The lowest BCUT2D eigenvalue weighted by Crippen LogP contribution is -2.10. The van der Waals surface area contributed by atoms with Crippen LogP contribution in [0, 0.1) is 13.8 Å². The summed E-state index contributed by atoms with van der Waals surface area (Å²) >= 11 is 0.900. The first-order valence-corrected chi connectivity index (χ1v) is 9.51. The molecule has 0 aliphatic heterocycles. The molecule has 3 aromatic rings. The van der Waals surface area contributed by atoms with Gasteiger partial charge in [-0.05, 0) is 31.5 Å². The van der Waals surface area contributed by atoms with Crippen LogP contribution in [0.3, 0.4) is 0 Å². The first-order chi connectivity index (χ1) is 13.3. The maximum atomic E-state index is 12.7. The number of benzene rings is 1. The molecule has 0 bridgehead atoms. The molecule has 146 valence electrons. The van der Waals surface area contributed by atoms with Crippen LogP contribution in [0.25, 0.3) is 0 Å². The number of aromatic nitrogens is 3. The molecule has 1 aromatic carbocycles. The number of hydrogen-bond acceptors (Lipinski definition) is 4. The number of carbonyl (C=O) groups is 1. The average molecular weight is 405 g/mol. The van der Waals surface area contributed by atoms with Crippen LogP contribution in [0.2, 0.25) is 0 Å². The molecule has 0 atom stereocenters. The van der Waals surface area contributed by atoms with Crippen LogP contribution in [-0.4, -0.2) is 26.1 Å². The Morgan fingerprint density at radius 3 is 2.54 bits per heavy atom. The Hall–Kier alpha value is -2.61. The predicted octanol–water partition coefficient (Wildman–Crippen LogP) is 4.94. The van der Waals surface area contributed by atoms with Crippen LogP contribution in [0.15, 0.2) is 53.8 Å². The lowest BCUT2D eigenvalue weighted by atomic mass is 10.2. The molecular formula is C20H18F3N3OS. The van der Waals surface area contributed by atoms with Gasteiger partial charge < -0.3 is 4.57 Å². The Labute approximate surface area is 164 Å². The molecule has 0 aliphatic rings. The van der Waals surface area contributed by atoms with Crippen LogP contribution in [0.4, 0.5) is 13.2 Å². The van der Waals surface area contributed by atoms with Crippen molar-refractivity contribution >= 4 is 17.5 Å². The van der Waals surface area contributed by atoms with Crippen molar-refractivity contribution in [1.82, 2.24) is 14.5 Å². The average Bonchev–Trinajstić information content (AvgIpc) is 2.95. The Balaban J connectivity index is 1.72. The Morgan fingerprint density at radius 1 is 1.14 bits per heavy atom. The van der Waals surface area contributed by atoms with Gasteiger partial charge in [0.15, 0.2) is 10.9 Å². The third-order valence-corrected chi connectivity index (χ3v) is 5.18. The number of nitrogens with zero attached hydrogens (tertiary/aromatic N) is 3. The topological polar surface area (TPSA) is 47.8 Å². The Bertz CT molecular complexity index is 984. The van der Waals surface area contributed by atoms with E-state index in [4.69, 9.17) is 0 Å². The molecule has 0 amide bonds. The maximum Gasteiger partial charge on any atom is 0.433 e. The highest BCUT2D eigenvalue weighted by Gasteiger charge is 2.32. The molecule has 28 heavy (non-hydrogen) atoms. The quantitative estimate of drug-likeness (QED) is 0.331. The number of ketones is 1. The first-order valence-electron chi connectivity index (χ1n) is 8.52. The highest BCUT2D eigenvalue weighted by molar-refractivity contribution is 7.99. The molecule has 0 aliphatic carbocycles. The van der Waals surface area contributed by atoms with Gasteiger partial charge >= 0.3 is 6.18 Å². The number of rotatable bonds is 6. The van der Waals surface area contributed by atoms with Crippen molar-refractivity contribution < 1.29 is 18.0 Å². The van der Waals surface area contributed by atoms with E-state index in [1.807, 2.05) is 54.8 Å². The van der Waals surface area contributed by atoms with Crippen LogP contribution in [0.5, 0.6) is 0 Å². The number of thioether (sulfide) groups is 1. The smallest absolute Gasteiger partial charge is 0.344 e. The van der Waals surface area contributed by atoms with Crippen molar-refractivity contribution in [1.29, 1.82) is 0 Å². The van der Waals surface area contributed by atoms with E-state index in [9.17, 15) is 18.0 Å². The van der Waals surface area contributed by atoms with Gasteiger partial charge in [0.2, 0.25) is 0 Å². The van der Waals surface area contributed by atoms with Crippen molar-refractivity contribution in [2.75, 3.05) is 5.75 Å². The van der Waals surface area contributed by atoms with Crippen molar-refractivity contribution in [2.45, 2.75) is 31.7 Å². The number of Topliss-reactive ketones (excluding diaryl/α,β-unsaturated/α-hetero) is 1. The first kappa shape index (κ1) is 20.1. The summed E-state index contributed by atoms with van der Waals surface area (Å²) in [4.78, 5) is 19.9. The van der Waals surface area contributed by atoms with Crippen LogP contribution in [0.1, 0.15) is 33.0 Å². The largest absolute Gasteiger partial charge is 0.433 e. The van der Waals surface area contributed by atoms with E-state index in [1.165, 1.54) is 0 Å². The summed E-state index contributed by atoms with van der Waals surface area (Å²) in [5.74, 6) is -0.199. The number of hydrogen-bond donors (Lipinski definition) is 0. The molecule has 0 fully saturated rings.